The molecular formula is C15H19N3OS. The van der Waals surface area contributed by atoms with Gasteiger partial charge in [0.2, 0.25) is 5.91 Å². The molecule has 0 saturated heterocycles. The summed E-state index contributed by atoms with van der Waals surface area (Å²) in [5, 5.41) is 7.21. The SMILES string of the molecule is CCCNC(=O)C1CCc2ncc(-c3ccsc3)n2C1. The Bertz CT molecular complexity index is 588. The van der Waals surface area contributed by atoms with E-state index < -0.39 is 0 Å². The van der Waals surface area contributed by atoms with E-state index in [1.165, 1.54) is 5.56 Å². The molecule has 1 N–H and O–H groups in total. The second kappa shape index (κ2) is 5.79. The molecule has 1 aliphatic heterocycles. The average Bonchev–Trinajstić information content (AvgIpc) is 3.12. The minimum absolute atomic E-state index is 0.0700. The third-order valence-electron chi connectivity index (χ3n) is 3.79. The highest BCUT2D eigenvalue weighted by molar-refractivity contribution is 7.08. The number of rotatable bonds is 4. The first-order valence-electron chi connectivity index (χ1n) is 7.14. The second-order valence-corrected chi connectivity index (χ2v) is 5.99. The summed E-state index contributed by atoms with van der Waals surface area (Å²) in [5.41, 5.74) is 2.33. The van der Waals surface area contributed by atoms with E-state index in [0.717, 1.165) is 43.9 Å². The monoisotopic (exact) mass is 289 g/mol. The highest BCUT2D eigenvalue weighted by Crippen LogP contribution is 2.28. The van der Waals surface area contributed by atoms with Gasteiger partial charge in [0.15, 0.2) is 0 Å². The molecule has 1 atom stereocenters. The number of thiophene rings is 1. The van der Waals surface area contributed by atoms with Crippen molar-refractivity contribution in [2.45, 2.75) is 32.7 Å². The molecule has 20 heavy (non-hydrogen) atoms. The zero-order valence-corrected chi connectivity index (χ0v) is 12.4. The third kappa shape index (κ3) is 2.50. The molecule has 0 bridgehead atoms. The van der Waals surface area contributed by atoms with E-state index in [1.807, 2.05) is 6.20 Å². The van der Waals surface area contributed by atoms with E-state index in [0.29, 0.717) is 0 Å². The number of aryl methyl sites for hydroxylation is 1. The number of nitrogens with zero attached hydrogens (tertiary/aromatic N) is 2. The normalized spacial score (nSPS) is 17.8. The number of fused-ring (bicyclic) bond motifs is 1. The van der Waals surface area contributed by atoms with Crippen LogP contribution in [-0.2, 0) is 17.8 Å². The Kier molecular flexibility index (Phi) is 3.87. The summed E-state index contributed by atoms with van der Waals surface area (Å²) in [6.45, 7) is 3.59. The molecule has 0 saturated carbocycles. The van der Waals surface area contributed by atoms with Crippen LogP contribution in [0.25, 0.3) is 11.3 Å². The molecule has 3 heterocycles. The number of carbonyl (C=O) groups is 1. The fourth-order valence-corrected chi connectivity index (χ4v) is 3.33. The first-order chi connectivity index (χ1) is 9.79. The van der Waals surface area contributed by atoms with Crippen LogP contribution in [0.2, 0.25) is 0 Å². The number of hydrogen-bond acceptors (Lipinski definition) is 3. The number of hydrogen-bond donors (Lipinski definition) is 1. The molecule has 2 aromatic heterocycles. The summed E-state index contributed by atoms with van der Waals surface area (Å²) < 4.78 is 2.21. The molecule has 1 aliphatic rings. The van der Waals surface area contributed by atoms with Crippen LogP contribution in [-0.4, -0.2) is 22.0 Å². The first-order valence-corrected chi connectivity index (χ1v) is 8.08. The Labute approximate surface area is 122 Å². The Balaban J connectivity index is 1.80. The Morgan fingerprint density at radius 2 is 2.50 bits per heavy atom. The minimum atomic E-state index is 0.0700. The van der Waals surface area contributed by atoms with E-state index in [2.05, 4.69) is 38.6 Å². The highest BCUT2D eigenvalue weighted by atomic mass is 32.1. The van der Waals surface area contributed by atoms with Gasteiger partial charge in [0, 0.05) is 30.5 Å². The molecule has 2 aromatic rings. The molecule has 106 valence electrons. The lowest BCUT2D eigenvalue weighted by molar-refractivity contribution is -0.125. The lowest BCUT2D eigenvalue weighted by Crippen LogP contribution is -2.36. The van der Waals surface area contributed by atoms with Crippen LogP contribution in [0.5, 0.6) is 0 Å². The summed E-state index contributed by atoms with van der Waals surface area (Å²) in [4.78, 5) is 16.6. The van der Waals surface area contributed by atoms with E-state index in [-0.39, 0.29) is 11.8 Å². The van der Waals surface area contributed by atoms with Gasteiger partial charge in [-0.2, -0.15) is 11.3 Å². The summed E-state index contributed by atoms with van der Waals surface area (Å²) in [6, 6.07) is 2.11. The molecule has 0 aromatic carbocycles. The highest BCUT2D eigenvalue weighted by Gasteiger charge is 2.26. The molecule has 5 heteroatoms. The standard InChI is InChI=1S/C15H19N3OS/c1-2-6-16-15(19)11-3-4-14-17-8-13(18(14)9-11)12-5-7-20-10-12/h5,7-8,10-11H,2-4,6,9H2,1H3,(H,16,19). The van der Waals surface area contributed by atoms with Crippen molar-refractivity contribution >= 4 is 17.2 Å². The molecule has 4 nitrogen and oxygen atoms in total. The van der Waals surface area contributed by atoms with Crippen LogP contribution in [0.1, 0.15) is 25.6 Å². The van der Waals surface area contributed by atoms with Crippen molar-refractivity contribution in [3.8, 4) is 11.3 Å². The van der Waals surface area contributed by atoms with Crippen molar-refractivity contribution in [3.63, 3.8) is 0 Å². The van der Waals surface area contributed by atoms with Crippen molar-refractivity contribution in [1.82, 2.24) is 14.9 Å². The van der Waals surface area contributed by atoms with E-state index >= 15 is 0 Å². The molecule has 0 spiro atoms. The van der Waals surface area contributed by atoms with Gasteiger partial charge >= 0.3 is 0 Å². The van der Waals surface area contributed by atoms with Gasteiger partial charge in [0.25, 0.3) is 0 Å². The maximum Gasteiger partial charge on any atom is 0.224 e. The van der Waals surface area contributed by atoms with Gasteiger partial charge in [-0.1, -0.05) is 6.92 Å². The molecule has 0 fully saturated rings. The fraction of sp³-hybridized carbons (Fsp3) is 0.467. The van der Waals surface area contributed by atoms with Gasteiger partial charge in [-0.25, -0.2) is 4.98 Å². The van der Waals surface area contributed by atoms with Crippen molar-refractivity contribution in [2.24, 2.45) is 5.92 Å². The molecule has 0 radical (unpaired) electrons. The van der Waals surface area contributed by atoms with Gasteiger partial charge in [-0.05, 0) is 24.3 Å². The van der Waals surface area contributed by atoms with Crippen LogP contribution in [0, 0.1) is 5.92 Å². The number of imidazole rings is 1. The second-order valence-electron chi connectivity index (χ2n) is 5.21. The smallest absolute Gasteiger partial charge is 0.224 e. The zero-order valence-electron chi connectivity index (χ0n) is 11.6. The zero-order chi connectivity index (χ0) is 13.9. The van der Waals surface area contributed by atoms with Crippen LogP contribution in [0.4, 0.5) is 0 Å². The van der Waals surface area contributed by atoms with Crippen molar-refractivity contribution in [2.75, 3.05) is 6.54 Å². The van der Waals surface area contributed by atoms with Gasteiger partial charge in [0.05, 0.1) is 17.8 Å². The van der Waals surface area contributed by atoms with Gasteiger partial charge in [-0.15, -0.1) is 0 Å². The number of aromatic nitrogens is 2. The summed E-state index contributed by atoms with van der Waals surface area (Å²) in [5.74, 6) is 1.36. The van der Waals surface area contributed by atoms with Gasteiger partial charge < -0.3 is 9.88 Å². The first kappa shape index (κ1) is 13.4. The molecular weight excluding hydrogens is 270 g/mol. The molecule has 1 amide bonds. The predicted octanol–water partition coefficient (Wildman–Crippen LogP) is 2.70. The Morgan fingerprint density at radius 3 is 3.25 bits per heavy atom. The third-order valence-corrected chi connectivity index (χ3v) is 4.48. The minimum Gasteiger partial charge on any atom is -0.356 e. The maximum absolute atomic E-state index is 12.1. The predicted molar refractivity (Wildman–Crippen MR) is 80.7 cm³/mol. The van der Waals surface area contributed by atoms with E-state index in [1.54, 1.807) is 11.3 Å². The van der Waals surface area contributed by atoms with Crippen LogP contribution >= 0.6 is 11.3 Å². The van der Waals surface area contributed by atoms with Gasteiger partial charge in [0.1, 0.15) is 5.82 Å². The Hall–Kier alpha value is -1.62. The molecule has 1 unspecified atom stereocenters. The lowest BCUT2D eigenvalue weighted by Gasteiger charge is -2.24. The molecule has 3 rings (SSSR count). The number of nitrogens with one attached hydrogen (secondary N) is 1. The van der Waals surface area contributed by atoms with E-state index in [9.17, 15) is 4.79 Å². The fourth-order valence-electron chi connectivity index (χ4n) is 2.68. The summed E-state index contributed by atoms with van der Waals surface area (Å²) >= 11 is 1.69. The topological polar surface area (TPSA) is 46.9 Å². The van der Waals surface area contributed by atoms with Crippen molar-refractivity contribution in [3.05, 3.63) is 28.8 Å². The number of amides is 1. The van der Waals surface area contributed by atoms with Crippen molar-refractivity contribution < 1.29 is 4.79 Å². The van der Waals surface area contributed by atoms with Crippen LogP contribution in [0.3, 0.4) is 0 Å². The maximum atomic E-state index is 12.1. The lowest BCUT2D eigenvalue weighted by atomic mass is 9.98. The van der Waals surface area contributed by atoms with Crippen LogP contribution < -0.4 is 5.32 Å². The van der Waals surface area contributed by atoms with Crippen LogP contribution in [0.15, 0.2) is 23.0 Å². The largest absolute Gasteiger partial charge is 0.356 e. The Morgan fingerprint density at radius 1 is 1.60 bits per heavy atom. The average molecular weight is 289 g/mol. The van der Waals surface area contributed by atoms with Crippen molar-refractivity contribution in [1.29, 1.82) is 0 Å². The summed E-state index contributed by atoms with van der Waals surface area (Å²) in [6.07, 6.45) is 4.70. The molecule has 0 aliphatic carbocycles. The summed E-state index contributed by atoms with van der Waals surface area (Å²) in [7, 11) is 0. The number of carbonyl (C=O) groups excluding carboxylic acids is 1. The van der Waals surface area contributed by atoms with Gasteiger partial charge in [-0.3, -0.25) is 4.79 Å². The quantitative estimate of drug-likeness (QED) is 0.940. The van der Waals surface area contributed by atoms with E-state index in [4.69, 9.17) is 0 Å².